The van der Waals surface area contributed by atoms with Crippen molar-refractivity contribution in [1.82, 2.24) is 19.7 Å². The van der Waals surface area contributed by atoms with Gasteiger partial charge in [0, 0.05) is 18.9 Å². The molecule has 0 aliphatic rings. The number of halogens is 1. The Labute approximate surface area is 99.3 Å². The van der Waals surface area contributed by atoms with Gasteiger partial charge in [-0.15, -0.1) is 10.2 Å². The summed E-state index contributed by atoms with van der Waals surface area (Å²) in [7, 11) is 0. The van der Waals surface area contributed by atoms with E-state index < -0.39 is 0 Å². The highest BCUT2D eigenvalue weighted by atomic mass is 35.5. The molecule has 0 bridgehead atoms. The lowest BCUT2D eigenvalue weighted by Gasteiger charge is -2.08. The first-order valence-electron chi connectivity index (χ1n) is 5.16. The van der Waals surface area contributed by atoms with Gasteiger partial charge in [-0.25, -0.2) is 4.98 Å². The lowest BCUT2D eigenvalue weighted by Crippen LogP contribution is -2.03. The Bertz CT molecular complexity index is 519. The zero-order valence-corrected chi connectivity index (χ0v) is 10.3. The van der Waals surface area contributed by atoms with Crippen molar-refractivity contribution in [2.75, 3.05) is 0 Å². The standard InChI is InChI=1S/C11H13ClN4/c1-4-16-6-5-13-11(16)9-7(2)8(3)10(12)15-14-9/h5-6H,4H2,1-3H3. The van der Waals surface area contributed by atoms with Gasteiger partial charge in [-0.1, -0.05) is 11.6 Å². The van der Waals surface area contributed by atoms with Crippen molar-refractivity contribution in [3.63, 3.8) is 0 Å². The fourth-order valence-electron chi connectivity index (χ4n) is 1.57. The van der Waals surface area contributed by atoms with Gasteiger partial charge in [0.15, 0.2) is 11.0 Å². The van der Waals surface area contributed by atoms with Crippen LogP contribution in [0.1, 0.15) is 18.1 Å². The molecule has 2 heterocycles. The van der Waals surface area contributed by atoms with E-state index >= 15 is 0 Å². The van der Waals surface area contributed by atoms with Gasteiger partial charge in [0.05, 0.1) is 0 Å². The fourth-order valence-corrected chi connectivity index (χ4v) is 1.75. The minimum atomic E-state index is 0.454. The highest BCUT2D eigenvalue weighted by Crippen LogP contribution is 2.24. The van der Waals surface area contributed by atoms with Crippen LogP contribution in [0.5, 0.6) is 0 Å². The van der Waals surface area contributed by atoms with Gasteiger partial charge in [0.1, 0.15) is 5.69 Å². The average Bonchev–Trinajstić information content (AvgIpc) is 2.74. The summed E-state index contributed by atoms with van der Waals surface area (Å²) in [6, 6.07) is 0. The Hall–Kier alpha value is -1.42. The molecular formula is C11H13ClN4. The maximum absolute atomic E-state index is 5.92. The highest BCUT2D eigenvalue weighted by Gasteiger charge is 2.13. The van der Waals surface area contributed by atoms with E-state index in [1.807, 2.05) is 24.6 Å². The number of aromatic nitrogens is 4. The molecule has 0 unspecified atom stereocenters. The minimum Gasteiger partial charge on any atom is -0.330 e. The lowest BCUT2D eigenvalue weighted by atomic mass is 10.1. The lowest BCUT2D eigenvalue weighted by molar-refractivity contribution is 0.764. The predicted molar refractivity (Wildman–Crippen MR) is 63.4 cm³/mol. The molecule has 84 valence electrons. The van der Waals surface area contributed by atoms with Crippen molar-refractivity contribution in [2.45, 2.75) is 27.3 Å². The van der Waals surface area contributed by atoms with Crippen LogP contribution in [0.15, 0.2) is 12.4 Å². The van der Waals surface area contributed by atoms with Gasteiger partial charge < -0.3 is 4.57 Å². The number of aryl methyl sites for hydroxylation is 1. The number of hydrogen-bond donors (Lipinski definition) is 0. The molecule has 0 saturated heterocycles. The van der Waals surface area contributed by atoms with E-state index in [0.29, 0.717) is 5.15 Å². The van der Waals surface area contributed by atoms with E-state index in [1.165, 1.54) is 0 Å². The van der Waals surface area contributed by atoms with E-state index in [1.54, 1.807) is 6.20 Å². The SMILES string of the molecule is CCn1ccnc1-c1nnc(Cl)c(C)c1C. The molecule has 0 radical (unpaired) electrons. The molecule has 4 nitrogen and oxygen atoms in total. The quantitative estimate of drug-likeness (QED) is 0.805. The van der Waals surface area contributed by atoms with Crippen molar-refractivity contribution in [3.8, 4) is 11.5 Å². The van der Waals surface area contributed by atoms with Gasteiger partial charge in [-0.3, -0.25) is 0 Å². The first-order valence-corrected chi connectivity index (χ1v) is 5.53. The van der Waals surface area contributed by atoms with Crippen LogP contribution < -0.4 is 0 Å². The van der Waals surface area contributed by atoms with Crippen molar-refractivity contribution >= 4 is 11.6 Å². The Morgan fingerprint density at radius 2 is 2.00 bits per heavy atom. The molecule has 0 atom stereocenters. The van der Waals surface area contributed by atoms with Crippen LogP contribution in [0.25, 0.3) is 11.5 Å². The molecule has 0 amide bonds. The zero-order valence-electron chi connectivity index (χ0n) is 9.53. The second-order valence-electron chi connectivity index (χ2n) is 3.63. The Morgan fingerprint density at radius 1 is 1.25 bits per heavy atom. The highest BCUT2D eigenvalue weighted by molar-refractivity contribution is 6.30. The van der Waals surface area contributed by atoms with Crippen LogP contribution in [0, 0.1) is 13.8 Å². The maximum atomic E-state index is 5.92. The van der Waals surface area contributed by atoms with Crippen LogP contribution in [0.2, 0.25) is 5.15 Å². The summed E-state index contributed by atoms with van der Waals surface area (Å²) in [6.07, 6.45) is 3.70. The van der Waals surface area contributed by atoms with Crippen molar-refractivity contribution in [2.24, 2.45) is 0 Å². The number of nitrogens with zero attached hydrogens (tertiary/aromatic N) is 4. The van der Waals surface area contributed by atoms with Gasteiger partial charge in [-0.2, -0.15) is 0 Å². The maximum Gasteiger partial charge on any atom is 0.160 e. The van der Waals surface area contributed by atoms with Crippen molar-refractivity contribution in [1.29, 1.82) is 0 Å². The fraction of sp³-hybridized carbons (Fsp3) is 0.364. The van der Waals surface area contributed by atoms with Crippen molar-refractivity contribution < 1.29 is 0 Å². The Balaban J connectivity index is 2.61. The van der Waals surface area contributed by atoms with Gasteiger partial charge >= 0.3 is 0 Å². The average molecular weight is 237 g/mol. The summed E-state index contributed by atoms with van der Waals surface area (Å²) in [4.78, 5) is 4.31. The van der Waals surface area contributed by atoms with E-state index in [4.69, 9.17) is 11.6 Å². The molecule has 0 N–H and O–H groups in total. The van der Waals surface area contributed by atoms with Crippen LogP contribution in [0.4, 0.5) is 0 Å². The molecule has 16 heavy (non-hydrogen) atoms. The second-order valence-corrected chi connectivity index (χ2v) is 3.98. The molecule has 0 aliphatic heterocycles. The van der Waals surface area contributed by atoms with Crippen molar-refractivity contribution in [3.05, 3.63) is 28.7 Å². The van der Waals surface area contributed by atoms with E-state index in [-0.39, 0.29) is 0 Å². The molecule has 2 rings (SSSR count). The summed E-state index contributed by atoms with van der Waals surface area (Å²) in [5.74, 6) is 0.840. The first kappa shape index (κ1) is 11.1. The molecule has 0 aliphatic carbocycles. The topological polar surface area (TPSA) is 43.6 Å². The number of rotatable bonds is 2. The van der Waals surface area contributed by atoms with E-state index in [2.05, 4.69) is 22.1 Å². The molecule has 0 spiro atoms. The number of imidazole rings is 1. The third-order valence-corrected chi connectivity index (χ3v) is 3.09. The first-order chi connectivity index (χ1) is 7.65. The summed E-state index contributed by atoms with van der Waals surface area (Å²) in [5, 5.41) is 8.51. The monoisotopic (exact) mass is 236 g/mol. The van der Waals surface area contributed by atoms with Gasteiger partial charge in [0.2, 0.25) is 0 Å². The third-order valence-electron chi connectivity index (χ3n) is 2.73. The Kier molecular flexibility index (Phi) is 2.92. The molecule has 0 saturated carbocycles. The normalized spacial score (nSPS) is 10.8. The number of hydrogen-bond acceptors (Lipinski definition) is 3. The van der Waals surface area contributed by atoms with Gasteiger partial charge in [0.25, 0.3) is 0 Å². The summed E-state index contributed by atoms with van der Waals surface area (Å²) in [6.45, 7) is 6.85. The molecule has 0 fully saturated rings. The Morgan fingerprint density at radius 3 is 2.69 bits per heavy atom. The summed E-state index contributed by atoms with van der Waals surface area (Å²) in [5.41, 5.74) is 2.78. The van der Waals surface area contributed by atoms with Crippen LogP contribution in [-0.4, -0.2) is 19.7 Å². The zero-order chi connectivity index (χ0) is 11.7. The summed E-state index contributed by atoms with van der Waals surface area (Å²) < 4.78 is 2.03. The molecule has 2 aromatic heterocycles. The second kappa shape index (κ2) is 4.22. The summed E-state index contributed by atoms with van der Waals surface area (Å²) >= 11 is 5.92. The van der Waals surface area contributed by atoms with Crippen LogP contribution in [-0.2, 0) is 6.54 Å². The molecule has 0 aromatic carbocycles. The predicted octanol–water partition coefficient (Wildman–Crippen LogP) is 2.63. The molecule has 2 aromatic rings. The largest absolute Gasteiger partial charge is 0.330 e. The molecular weight excluding hydrogens is 224 g/mol. The molecule has 5 heteroatoms. The smallest absolute Gasteiger partial charge is 0.160 e. The minimum absolute atomic E-state index is 0.454. The van der Waals surface area contributed by atoms with Gasteiger partial charge in [-0.05, 0) is 31.9 Å². The third kappa shape index (κ3) is 1.69. The van der Waals surface area contributed by atoms with E-state index in [9.17, 15) is 0 Å². The van der Waals surface area contributed by atoms with E-state index in [0.717, 1.165) is 29.2 Å². The van der Waals surface area contributed by atoms with Crippen LogP contribution >= 0.6 is 11.6 Å². The van der Waals surface area contributed by atoms with Crippen LogP contribution in [0.3, 0.4) is 0 Å².